The Hall–Kier alpha value is -2.99. The second-order valence-electron chi connectivity index (χ2n) is 6.37. The summed E-state index contributed by atoms with van der Waals surface area (Å²) in [4.78, 5) is 34.4. The van der Waals surface area contributed by atoms with Crippen LogP contribution < -0.4 is 0 Å². The summed E-state index contributed by atoms with van der Waals surface area (Å²) in [6, 6.07) is 9.28. The van der Waals surface area contributed by atoms with E-state index >= 15 is 0 Å². The van der Waals surface area contributed by atoms with Gasteiger partial charge in [0.25, 0.3) is 0 Å². The van der Waals surface area contributed by atoms with E-state index in [1.165, 1.54) is 0 Å². The highest BCUT2D eigenvalue weighted by Crippen LogP contribution is 2.37. The van der Waals surface area contributed by atoms with E-state index in [1.54, 1.807) is 27.7 Å². The van der Waals surface area contributed by atoms with Crippen LogP contribution in [0.3, 0.4) is 0 Å². The third kappa shape index (κ3) is 3.93. The van der Waals surface area contributed by atoms with Crippen LogP contribution in [0.1, 0.15) is 46.0 Å². The minimum atomic E-state index is -0.581. The molecule has 0 atom stereocenters. The molecular weight excluding hydrogens is 392 g/mol. The fraction of sp³-hybridized carbons (Fsp3) is 0.273. The molecule has 3 rings (SSSR count). The summed E-state index contributed by atoms with van der Waals surface area (Å²) in [6.45, 7) is 7.19. The first-order chi connectivity index (χ1) is 13.9. The second kappa shape index (κ2) is 8.57. The van der Waals surface area contributed by atoms with Crippen molar-refractivity contribution >= 4 is 34.4 Å². The lowest BCUT2D eigenvalue weighted by atomic mass is 9.92. The number of benzene rings is 1. The summed E-state index contributed by atoms with van der Waals surface area (Å²) in [6.07, 6.45) is 0. The number of hydrogen-bond acceptors (Lipinski definition) is 6. The molecule has 29 heavy (non-hydrogen) atoms. The molecule has 0 N–H and O–H groups in total. The Bertz CT molecular complexity index is 1070. The molecule has 0 fully saturated rings. The molecule has 7 heteroatoms. The van der Waals surface area contributed by atoms with Gasteiger partial charge in [0.1, 0.15) is 5.15 Å². The van der Waals surface area contributed by atoms with Crippen molar-refractivity contribution in [3.8, 4) is 11.1 Å². The lowest BCUT2D eigenvalue weighted by molar-refractivity contribution is 0.0525. The fourth-order valence-corrected chi connectivity index (χ4v) is 3.53. The van der Waals surface area contributed by atoms with E-state index in [2.05, 4.69) is 9.97 Å². The minimum Gasteiger partial charge on any atom is -0.462 e. The average Bonchev–Trinajstić information content (AvgIpc) is 2.67. The Morgan fingerprint density at radius 1 is 0.931 bits per heavy atom. The van der Waals surface area contributed by atoms with Gasteiger partial charge in [-0.15, -0.1) is 0 Å². The Morgan fingerprint density at radius 3 is 2.03 bits per heavy atom. The first kappa shape index (κ1) is 20.7. The molecule has 1 aromatic carbocycles. The second-order valence-corrected chi connectivity index (χ2v) is 6.73. The minimum absolute atomic E-state index is 0.171. The summed E-state index contributed by atoms with van der Waals surface area (Å²) in [5, 5.41) is 0.994. The summed E-state index contributed by atoms with van der Waals surface area (Å²) in [5.74, 6) is -1.16. The predicted octanol–water partition coefficient (Wildman–Crippen LogP) is 4.92. The van der Waals surface area contributed by atoms with Crippen LogP contribution in [0.25, 0.3) is 22.0 Å². The summed E-state index contributed by atoms with van der Waals surface area (Å²) in [5.41, 5.74) is 2.72. The number of aromatic nitrogens is 2. The molecule has 2 heterocycles. The van der Waals surface area contributed by atoms with Crippen LogP contribution in [-0.4, -0.2) is 35.1 Å². The Labute approximate surface area is 173 Å². The maximum Gasteiger partial charge on any atom is 0.340 e. The molecule has 0 amide bonds. The van der Waals surface area contributed by atoms with E-state index in [0.29, 0.717) is 28.0 Å². The molecule has 0 radical (unpaired) electrons. The molecule has 0 bridgehead atoms. The van der Waals surface area contributed by atoms with Crippen molar-refractivity contribution in [3.63, 3.8) is 0 Å². The summed E-state index contributed by atoms with van der Waals surface area (Å²) in [7, 11) is 0. The summed E-state index contributed by atoms with van der Waals surface area (Å²) >= 11 is 6.51. The third-order valence-electron chi connectivity index (χ3n) is 4.46. The number of para-hydroxylation sites is 1. The van der Waals surface area contributed by atoms with Gasteiger partial charge in [-0.05, 0) is 39.8 Å². The van der Waals surface area contributed by atoms with Crippen molar-refractivity contribution in [1.29, 1.82) is 0 Å². The fourth-order valence-electron chi connectivity index (χ4n) is 3.29. The Balaban J connectivity index is 2.43. The van der Waals surface area contributed by atoms with Gasteiger partial charge >= 0.3 is 11.9 Å². The number of pyridine rings is 2. The molecule has 6 nitrogen and oxygen atoms in total. The number of carbonyl (C=O) groups is 2. The van der Waals surface area contributed by atoms with Gasteiger partial charge in [-0.2, -0.15) is 0 Å². The molecule has 0 unspecified atom stereocenters. The topological polar surface area (TPSA) is 78.4 Å². The first-order valence-corrected chi connectivity index (χ1v) is 9.67. The highest BCUT2D eigenvalue weighted by atomic mass is 35.5. The number of aryl methyl sites for hydroxylation is 2. The van der Waals surface area contributed by atoms with E-state index < -0.39 is 11.9 Å². The Kier molecular flexibility index (Phi) is 6.13. The van der Waals surface area contributed by atoms with Crippen molar-refractivity contribution in [2.24, 2.45) is 0 Å². The molecule has 3 aromatic rings. The van der Waals surface area contributed by atoms with Gasteiger partial charge in [-0.1, -0.05) is 29.8 Å². The molecular formula is C22H21ClN2O4. The first-order valence-electron chi connectivity index (χ1n) is 9.30. The van der Waals surface area contributed by atoms with Crippen molar-refractivity contribution in [2.45, 2.75) is 27.7 Å². The van der Waals surface area contributed by atoms with E-state index in [4.69, 9.17) is 21.1 Å². The number of ether oxygens (including phenoxy) is 2. The van der Waals surface area contributed by atoms with Crippen LogP contribution in [0.5, 0.6) is 0 Å². The largest absolute Gasteiger partial charge is 0.462 e. The zero-order valence-corrected chi connectivity index (χ0v) is 17.5. The van der Waals surface area contributed by atoms with Crippen molar-refractivity contribution in [3.05, 3.63) is 58.0 Å². The smallest absolute Gasteiger partial charge is 0.340 e. The number of carbonyl (C=O) groups excluding carboxylic acids is 2. The number of nitrogens with zero attached hydrogens (tertiary/aromatic N) is 2. The van der Waals surface area contributed by atoms with Gasteiger partial charge in [0.05, 0.1) is 41.2 Å². The van der Waals surface area contributed by atoms with Gasteiger partial charge in [-0.3, -0.25) is 4.98 Å². The number of halogens is 1. The van der Waals surface area contributed by atoms with Crippen LogP contribution in [0, 0.1) is 13.8 Å². The van der Waals surface area contributed by atoms with E-state index in [-0.39, 0.29) is 29.5 Å². The zero-order chi connectivity index (χ0) is 21.1. The van der Waals surface area contributed by atoms with Gasteiger partial charge in [0.2, 0.25) is 0 Å². The van der Waals surface area contributed by atoms with Crippen LogP contribution in [-0.2, 0) is 9.47 Å². The van der Waals surface area contributed by atoms with Crippen LogP contribution in [0.15, 0.2) is 30.3 Å². The molecule has 2 aromatic heterocycles. The third-order valence-corrected chi connectivity index (χ3v) is 4.75. The van der Waals surface area contributed by atoms with Crippen molar-refractivity contribution in [1.82, 2.24) is 9.97 Å². The molecule has 0 saturated heterocycles. The maximum atomic E-state index is 12.8. The van der Waals surface area contributed by atoms with Crippen LogP contribution in [0.2, 0.25) is 5.15 Å². The van der Waals surface area contributed by atoms with E-state index in [0.717, 1.165) is 5.39 Å². The standard InChI is InChI=1S/C22H21ClN2O4/c1-5-28-21(26)17-12(3)24-13(4)18(22(27)29-6-2)19(17)15-11-14-9-7-8-10-16(14)25-20(15)23/h7-11H,5-6H2,1-4H3. The zero-order valence-electron chi connectivity index (χ0n) is 16.7. The Morgan fingerprint density at radius 2 is 1.48 bits per heavy atom. The number of rotatable bonds is 5. The SMILES string of the molecule is CCOC(=O)c1c(C)nc(C)c(C(=O)OCC)c1-c1cc2ccccc2nc1Cl. The van der Waals surface area contributed by atoms with Crippen molar-refractivity contribution in [2.75, 3.05) is 13.2 Å². The van der Waals surface area contributed by atoms with Gasteiger partial charge < -0.3 is 9.47 Å². The van der Waals surface area contributed by atoms with Gasteiger partial charge in [0, 0.05) is 16.5 Å². The highest BCUT2D eigenvalue weighted by Gasteiger charge is 2.29. The maximum absolute atomic E-state index is 12.8. The van der Waals surface area contributed by atoms with E-state index in [1.807, 2.05) is 30.3 Å². The van der Waals surface area contributed by atoms with Gasteiger partial charge in [-0.25, -0.2) is 14.6 Å². The van der Waals surface area contributed by atoms with Crippen LogP contribution in [0.4, 0.5) is 0 Å². The average molecular weight is 413 g/mol. The predicted molar refractivity (Wildman–Crippen MR) is 111 cm³/mol. The quantitative estimate of drug-likeness (QED) is 0.437. The lowest BCUT2D eigenvalue weighted by Gasteiger charge is -2.18. The lowest BCUT2D eigenvalue weighted by Crippen LogP contribution is -2.17. The molecule has 0 saturated carbocycles. The number of hydrogen-bond donors (Lipinski definition) is 0. The molecule has 0 aliphatic carbocycles. The molecule has 0 aliphatic rings. The van der Waals surface area contributed by atoms with E-state index in [9.17, 15) is 9.59 Å². The van der Waals surface area contributed by atoms with Crippen LogP contribution >= 0.6 is 11.6 Å². The molecule has 0 spiro atoms. The monoisotopic (exact) mass is 412 g/mol. The molecule has 150 valence electrons. The highest BCUT2D eigenvalue weighted by molar-refractivity contribution is 6.33. The summed E-state index contributed by atoms with van der Waals surface area (Å²) < 4.78 is 10.5. The van der Waals surface area contributed by atoms with Crippen molar-refractivity contribution < 1.29 is 19.1 Å². The number of esters is 2. The normalized spacial score (nSPS) is 10.8. The molecule has 0 aliphatic heterocycles. The number of fused-ring (bicyclic) bond motifs is 1. The van der Waals surface area contributed by atoms with Gasteiger partial charge in [0.15, 0.2) is 0 Å².